The van der Waals surface area contributed by atoms with Gasteiger partial charge in [-0.25, -0.2) is 40.4 Å². The number of aromatic amines is 2. The first kappa shape index (κ1) is 41.8. The average Bonchev–Trinajstić information content (AvgIpc) is 4.00. The fourth-order valence-corrected chi connectivity index (χ4v) is 6.66. The molecule has 6 rings (SSSR count). The molecular weight excluding hydrogens is 752 g/mol. The zero-order valence-electron chi connectivity index (χ0n) is 34.1. The number of hydrogen-bond acceptors (Lipinski definition) is 12. The Labute approximate surface area is 335 Å². The Morgan fingerprint density at radius 3 is 1.24 bits per heavy atom. The molecule has 310 valence electrons. The zero-order chi connectivity index (χ0) is 42.1. The summed E-state index contributed by atoms with van der Waals surface area (Å²) in [4.78, 5) is 66.8. The summed E-state index contributed by atoms with van der Waals surface area (Å²) < 4.78 is 33.6. The van der Waals surface area contributed by atoms with Gasteiger partial charge in [0.05, 0.1) is 38.0 Å². The molecular formula is C40H50N8O10. The monoisotopic (exact) mass is 802 g/mol. The normalized spacial score (nSPS) is 20.8. The second-order valence-corrected chi connectivity index (χ2v) is 15.3. The van der Waals surface area contributed by atoms with Crippen LogP contribution in [-0.4, -0.2) is 104 Å². The first-order valence-electron chi connectivity index (χ1n) is 18.8. The van der Waals surface area contributed by atoms with Crippen LogP contribution in [0.4, 0.5) is 9.59 Å². The van der Waals surface area contributed by atoms with Gasteiger partial charge in [0.15, 0.2) is 36.0 Å². The molecule has 58 heavy (non-hydrogen) atoms. The molecule has 2 fully saturated rings. The number of imidazole rings is 2. The van der Waals surface area contributed by atoms with Crippen LogP contribution < -0.4 is 10.9 Å². The zero-order valence-corrected chi connectivity index (χ0v) is 34.1. The molecule has 18 nitrogen and oxygen atoms in total. The van der Waals surface area contributed by atoms with Gasteiger partial charge in [0.25, 0.3) is 11.8 Å². The standard InChI is InChI=1S/C40H50N8O10/c1-21(2)47(45-37(51)53-9)35(49)31-29(55-39(5,6)57-31)33-41-19-27(43-33)25-15-11-23(12-16-25)24-13-17-26(18-14-24)28-20-42-34(44-28)30-32(58-40(7,8)56-30)36(50)48(22(3)4)46-38(52)54-10/h11-22,29-32H,1-10H3,(H,41,43)(H,42,44)(H,45,51)(H,46,52)/t29-,30-,31-,32-/m0/s1. The van der Waals surface area contributed by atoms with Crippen molar-refractivity contribution >= 4 is 24.0 Å². The van der Waals surface area contributed by atoms with Crippen LogP contribution in [0.2, 0.25) is 0 Å². The second kappa shape index (κ2) is 16.6. The maximum Gasteiger partial charge on any atom is 0.425 e. The lowest BCUT2D eigenvalue weighted by molar-refractivity contribution is -0.164. The van der Waals surface area contributed by atoms with Gasteiger partial charge < -0.3 is 38.4 Å². The first-order chi connectivity index (χ1) is 27.4. The molecule has 4 atom stereocenters. The van der Waals surface area contributed by atoms with E-state index in [0.29, 0.717) is 23.0 Å². The van der Waals surface area contributed by atoms with Gasteiger partial charge in [0, 0.05) is 12.1 Å². The fourth-order valence-electron chi connectivity index (χ4n) is 6.66. The van der Waals surface area contributed by atoms with E-state index in [9.17, 15) is 19.2 Å². The Bertz CT molecular complexity index is 1960. The van der Waals surface area contributed by atoms with Crippen LogP contribution in [0.5, 0.6) is 0 Å². The van der Waals surface area contributed by atoms with Crippen molar-refractivity contribution in [2.75, 3.05) is 14.2 Å². The number of ether oxygens (including phenoxy) is 6. The molecule has 4 N–H and O–H groups in total. The number of amides is 4. The summed E-state index contributed by atoms with van der Waals surface area (Å²) in [6, 6.07) is 15.0. The van der Waals surface area contributed by atoms with E-state index in [1.807, 2.05) is 48.5 Å². The van der Waals surface area contributed by atoms with Crippen molar-refractivity contribution in [2.24, 2.45) is 0 Å². The summed E-state index contributed by atoms with van der Waals surface area (Å²) in [5.74, 6) is -2.41. The summed E-state index contributed by atoms with van der Waals surface area (Å²) in [6.07, 6.45) is -2.16. The van der Waals surface area contributed by atoms with E-state index in [1.54, 1.807) is 67.8 Å². The number of benzene rings is 2. The van der Waals surface area contributed by atoms with E-state index in [-0.39, 0.29) is 0 Å². The molecule has 2 aromatic carbocycles. The van der Waals surface area contributed by atoms with Crippen LogP contribution in [-0.2, 0) is 38.0 Å². The molecule has 2 aliphatic rings. The lowest BCUT2D eigenvalue weighted by Gasteiger charge is -2.29. The molecule has 4 heterocycles. The van der Waals surface area contributed by atoms with Crippen molar-refractivity contribution in [2.45, 2.75) is 103 Å². The lowest BCUT2D eigenvalue weighted by atomic mass is 10.0. The Hall–Kier alpha value is -5.82. The number of hydrogen-bond donors (Lipinski definition) is 4. The third-order valence-electron chi connectivity index (χ3n) is 9.44. The highest BCUT2D eigenvalue weighted by Crippen LogP contribution is 2.40. The molecule has 2 aromatic heterocycles. The van der Waals surface area contributed by atoms with Crippen molar-refractivity contribution in [3.05, 3.63) is 72.6 Å². The summed E-state index contributed by atoms with van der Waals surface area (Å²) in [6.45, 7) is 13.8. The van der Waals surface area contributed by atoms with Gasteiger partial charge in [-0.05, 0) is 77.6 Å². The number of methoxy groups -OCH3 is 2. The number of H-pyrrole nitrogens is 2. The van der Waals surface area contributed by atoms with Crippen molar-refractivity contribution in [3.8, 4) is 33.6 Å². The van der Waals surface area contributed by atoms with Crippen LogP contribution in [0.25, 0.3) is 33.6 Å². The number of carbonyl (C=O) groups excluding carboxylic acids is 4. The van der Waals surface area contributed by atoms with Crippen LogP contribution in [0, 0.1) is 0 Å². The van der Waals surface area contributed by atoms with E-state index in [0.717, 1.165) is 32.3 Å². The van der Waals surface area contributed by atoms with Crippen LogP contribution in [0.1, 0.15) is 79.2 Å². The van der Waals surface area contributed by atoms with Gasteiger partial charge in [-0.15, -0.1) is 0 Å². The molecule has 2 aliphatic heterocycles. The highest BCUT2D eigenvalue weighted by Gasteiger charge is 2.51. The minimum atomic E-state index is -1.09. The van der Waals surface area contributed by atoms with Crippen LogP contribution in [0.15, 0.2) is 60.9 Å². The quantitative estimate of drug-likeness (QED) is 0.154. The van der Waals surface area contributed by atoms with Crippen molar-refractivity contribution < 1.29 is 47.6 Å². The molecule has 18 heteroatoms. The largest absolute Gasteiger partial charge is 0.452 e. The van der Waals surface area contributed by atoms with E-state index >= 15 is 0 Å². The molecule has 4 aromatic rings. The number of aromatic nitrogens is 4. The van der Waals surface area contributed by atoms with Gasteiger partial charge in [-0.2, -0.15) is 0 Å². The Kier molecular flexibility index (Phi) is 11.9. The number of carbonyl (C=O) groups is 4. The highest BCUT2D eigenvalue weighted by molar-refractivity contribution is 5.85. The molecule has 0 aliphatic carbocycles. The molecule has 0 unspecified atom stereocenters. The molecule has 0 bridgehead atoms. The summed E-state index contributed by atoms with van der Waals surface area (Å²) >= 11 is 0. The smallest absolute Gasteiger partial charge is 0.425 e. The predicted molar refractivity (Wildman–Crippen MR) is 208 cm³/mol. The fraction of sp³-hybridized carbons (Fsp3) is 0.450. The summed E-state index contributed by atoms with van der Waals surface area (Å²) in [5.41, 5.74) is 9.99. The van der Waals surface area contributed by atoms with Gasteiger partial charge in [-0.1, -0.05) is 48.5 Å². The number of hydrazine groups is 2. The lowest BCUT2D eigenvalue weighted by Crippen LogP contribution is -2.54. The highest BCUT2D eigenvalue weighted by atomic mass is 16.8. The van der Waals surface area contributed by atoms with Gasteiger partial charge >= 0.3 is 12.2 Å². The molecule has 0 radical (unpaired) electrons. The Balaban J connectivity index is 1.15. The predicted octanol–water partition coefficient (Wildman–Crippen LogP) is 5.54. The second-order valence-electron chi connectivity index (χ2n) is 15.3. The summed E-state index contributed by atoms with van der Waals surface area (Å²) in [7, 11) is 2.43. The van der Waals surface area contributed by atoms with E-state index in [2.05, 4.69) is 30.8 Å². The van der Waals surface area contributed by atoms with Crippen LogP contribution >= 0.6 is 0 Å². The Morgan fingerprint density at radius 2 is 0.931 bits per heavy atom. The number of rotatable bonds is 9. The van der Waals surface area contributed by atoms with Crippen molar-refractivity contribution in [1.82, 2.24) is 40.8 Å². The third-order valence-corrected chi connectivity index (χ3v) is 9.44. The minimum absolute atomic E-state index is 0.395. The summed E-state index contributed by atoms with van der Waals surface area (Å²) in [5, 5.41) is 2.32. The first-order valence-corrected chi connectivity index (χ1v) is 18.8. The van der Waals surface area contributed by atoms with Crippen molar-refractivity contribution in [3.63, 3.8) is 0 Å². The van der Waals surface area contributed by atoms with Gasteiger partial charge in [-0.3, -0.25) is 9.59 Å². The SMILES string of the molecule is COC(=O)NN(C(=O)[C@H]1OC(C)(C)O[C@@H]1c1ncc(-c2ccc(-c3ccc(-c4cnc([C@H]5OC(C)(C)O[C@@H]5C(=O)N(NC(=O)OC)C(C)C)[nH]4)cc3)cc2)[nH]1)C(C)C. The van der Waals surface area contributed by atoms with Crippen molar-refractivity contribution in [1.29, 1.82) is 0 Å². The number of nitrogens with one attached hydrogen (secondary N) is 4. The van der Waals surface area contributed by atoms with E-state index < -0.39 is 72.1 Å². The number of nitrogens with zero attached hydrogens (tertiary/aromatic N) is 4. The molecule has 2 saturated heterocycles. The third kappa shape index (κ3) is 8.99. The Morgan fingerprint density at radius 1 is 0.603 bits per heavy atom. The average molecular weight is 803 g/mol. The maximum atomic E-state index is 13.6. The minimum Gasteiger partial charge on any atom is -0.452 e. The van der Waals surface area contributed by atoms with E-state index in [1.165, 1.54) is 14.2 Å². The van der Waals surface area contributed by atoms with Crippen LogP contribution in [0.3, 0.4) is 0 Å². The maximum absolute atomic E-state index is 13.6. The molecule has 0 spiro atoms. The topological polar surface area (TPSA) is 212 Å². The molecule has 0 saturated carbocycles. The van der Waals surface area contributed by atoms with E-state index in [4.69, 9.17) is 28.4 Å². The van der Waals surface area contributed by atoms with Gasteiger partial charge in [0.2, 0.25) is 0 Å². The molecule has 4 amide bonds. The van der Waals surface area contributed by atoms with Gasteiger partial charge in [0.1, 0.15) is 11.6 Å².